The van der Waals surface area contributed by atoms with Crippen molar-refractivity contribution in [1.29, 1.82) is 0 Å². The lowest BCUT2D eigenvalue weighted by atomic mass is 9.78. The van der Waals surface area contributed by atoms with Gasteiger partial charge in [-0.3, -0.25) is 4.79 Å². The summed E-state index contributed by atoms with van der Waals surface area (Å²) in [6.45, 7) is 13.4. The first-order chi connectivity index (χ1) is 14.4. The Morgan fingerprint density at radius 2 is 1.97 bits per heavy atom. The summed E-state index contributed by atoms with van der Waals surface area (Å²) >= 11 is 0. The van der Waals surface area contributed by atoms with Gasteiger partial charge in [0.05, 0.1) is 11.0 Å². The molecule has 2 aromatic rings. The third kappa shape index (κ3) is 4.88. The number of nitrogens with one attached hydrogen (secondary N) is 1. The number of aromatic nitrogens is 2. The van der Waals surface area contributed by atoms with Crippen molar-refractivity contribution in [2.75, 3.05) is 24.7 Å². The average molecular weight is 414 g/mol. The normalized spacial score (nSPS) is 17.2. The first kappa shape index (κ1) is 22.8. The summed E-state index contributed by atoms with van der Waals surface area (Å²) in [5.41, 5.74) is 3.93. The molecule has 2 heterocycles. The quantitative estimate of drug-likeness (QED) is 0.380. The molecule has 1 aliphatic rings. The Bertz CT molecular complexity index is 851. The van der Waals surface area contributed by atoms with Gasteiger partial charge in [-0.25, -0.2) is 4.98 Å². The lowest BCUT2D eigenvalue weighted by Crippen LogP contribution is -2.35. The molecule has 0 saturated carbocycles. The molecule has 0 spiro atoms. The molecule has 1 aromatic carbocycles. The van der Waals surface area contributed by atoms with E-state index in [-0.39, 0.29) is 11.2 Å². The van der Waals surface area contributed by atoms with Gasteiger partial charge in [0.15, 0.2) is 5.82 Å². The van der Waals surface area contributed by atoms with Crippen molar-refractivity contribution in [3.63, 3.8) is 0 Å². The van der Waals surface area contributed by atoms with Gasteiger partial charge in [0.1, 0.15) is 0 Å². The molecule has 5 nitrogen and oxygen atoms in total. The van der Waals surface area contributed by atoms with Gasteiger partial charge in [-0.2, -0.15) is 0 Å². The number of H-pyrrole nitrogens is 1. The smallest absolute Gasteiger partial charge is 0.204 e. The van der Waals surface area contributed by atoms with E-state index in [0.29, 0.717) is 25.1 Å². The second-order valence-corrected chi connectivity index (χ2v) is 9.25. The van der Waals surface area contributed by atoms with E-state index in [9.17, 15) is 4.79 Å². The van der Waals surface area contributed by atoms with E-state index >= 15 is 0 Å². The second kappa shape index (κ2) is 9.95. The molecule has 166 valence electrons. The maximum atomic E-state index is 13.2. The van der Waals surface area contributed by atoms with Crippen molar-refractivity contribution in [2.45, 2.75) is 85.6 Å². The first-order valence-electron chi connectivity index (χ1n) is 11.8. The van der Waals surface area contributed by atoms with Crippen molar-refractivity contribution < 1.29 is 9.53 Å². The third-order valence-electron chi connectivity index (χ3n) is 6.84. The van der Waals surface area contributed by atoms with E-state index in [1.165, 1.54) is 36.9 Å². The van der Waals surface area contributed by atoms with Crippen LogP contribution < -0.4 is 4.90 Å². The Morgan fingerprint density at radius 3 is 2.63 bits per heavy atom. The number of ketones is 1. The Kier molecular flexibility index (Phi) is 7.56. The van der Waals surface area contributed by atoms with Crippen LogP contribution in [0.5, 0.6) is 0 Å². The number of imidazole rings is 1. The first-order valence-corrected chi connectivity index (χ1v) is 11.8. The lowest BCUT2D eigenvalue weighted by molar-refractivity contribution is 0.0230. The van der Waals surface area contributed by atoms with Crippen molar-refractivity contribution in [2.24, 2.45) is 5.41 Å². The highest BCUT2D eigenvalue weighted by atomic mass is 16.5. The molecule has 0 radical (unpaired) electrons. The number of anilines is 1. The fraction of sp³-hybridized carbons (Fsp3) is 0.680. The van der Waals surface area contributed by atoms with Gasteiger partial charge in [0.25, 0.3) is 0 Å². The number of carbonyl (C=O) groups excluding carboxylic acids is 1. The van der Waals surface area contributed by atoms with Crippen LogP contribution in [0.1, 0.15) is 88.8 Å². The van der Waals surface area contributed by atoms with E-state index in [1.807, 2.05) is 6.92 Å². The maximum Gasteiger partial charge on any atom is 0.204 e. The van der Waals surface area contributed by atoms with Crippen molar-refractivity contribution in [3.05, 3.63) is 23.5 Å². The predicted molar refractivity (Wildman–Crippen MR) is 125 cm³/mol. The molecule has 1 unspecified atom stereocenters. The summed E-state index contributed by atoms with van der Waals surface area (Å²) in [5.74, 6) is 0.600. The number of benzene rings is 1. The summed E-state index contributed by atoms with van der Waals surface area (Å²) in [6, 6.07) is 4.81. The summed E-state index contributed by atoms with van der Waals surface area (Å²) < 4.78 is 5.46. The molecule has 0 bridgehead atoms. The van der Waals surface area contributed by atoms with E-state index in [2.05, 4.69) is 49.7 Å². The Morgan fingerprint density at radius 1 is 1.23 bits per heavy atom. The summed E-state index contributed by atoms with van der Waals surface area (Å²) in [6.07, 6.45) is 7.65. The van der Waals surface area contributed by atoms with Crippen LogP contribution in [0, 0.1) is 12.3 Å². The molecule has 1 aliphatic heterocycles. The topological polar surface area (TPSA) is 58.2 Å². The number of Topliss-reactive ketones (excluding diaryl/α,β-unsaturated/α-hetero) is 1. The van der Waals surface area contributed by atoms with E-state index in [0.717, 1.165) is 36.8 Å². The number of fused-ring (bicyclic) bond motifs is 1. The number of rotatable bonds is 10. The van der Waals surface area contributed by atoms with Gasteiger partial charge >= 0.3 is 0 Å². The highest BCUT2D eigenvalue weighted by Gasteiger charge is 2.37. The number of hydrogen-bond donors (Lipinski definition) is 1. The zero-order valence-electron chi connectivity index (χ0n) is 19.5. The number of ether oxygens (including phenoxy) is 1. The van der Waals surface area contributed by atoms with Crippen LogP contribution in [0.15, 0.2) is 12.1 Å². The highest BCUT2D eigenvalue weighted by Crippen LogP contribution is 2.34. The monoisotopic (exact) mass is 413 g/mol. The van der Waals surface area contributed by atoms with Gasteiger partial charge in [-0.15, -0.1) is 0 Å². The predicted octanol–water partition coefficient (Wildman–Crippen LogP) is 6.06. The standard InChI is InChI=1S/C25H39N3O2/c1-6-8-9-10-13-28(19(4)7-2)22-17-21-20(16-18(22)3)26-24(27-21)23(29)25(5)11-14-30-15-12-25/h16-17,19H,6-15H2,1-5H3,(H,26,27). The summed E-state index contributed by atoms with van der Waals surface area (Å²) in [7, 11) is 0. The molecule has 5 heteroatoms. The highest BCUT2D eigenvalue weighted by molar-refractivity contribution is 6.00. The molecule has 30 heavy (non-hydrogen) atoms. The Hall–Kier alpha value is -1.88. The zero-order valence-corrected chi connectivity index (χ0v) is 19.5. The number of nitrogens with zero attached hydrogens (tertiary/aromatic N) is 2. The number of unbranched alkanes of at least 4 members (excludes halogenated alkanes) is 3. The van der Waals surface area contributed by atoms with Crippen LogP contribution in [-0.2, 0) is 4.74 Å². The van der Waals surface area contributed by atoms with Crippen LogP contribution in [0.4, 0.5) is 5.69 Å². The Balaban J connectivity index is 1.88. The maximum absolute atomic E-state index is 13.2. The second-order valence-electron chi connectivity index (χ2n) is 9.25. The number of aryl methyl sites for hydroxylation is 1. The Labute approximate surface area is 181 Å². The van der Waals surface area contributed by atoms with Crippen molar-refractivity contribution in [3.8, 4) is 0 Å². The molecule has 1 N–H and O–H groups in total. The van der Waals surface area contributed by atoms with Crippen LogP contribution in [-0.4, -0.2) is 41.6 Å². The molecule has 0 aliphatic carbocycles. The molecule has 1 fully saturated rings. The van der Waals surface area contributed by atoms with E-state index in [4.69, 9.17) is 9.72 Å². The van der Waals surface area contributed by atoms with Crippen molar-refractivity contribution in [1.82, 2.24) is 9.97 Å². The minimum absolute atomic E-state index is 0.111. The van der Waals surface area contributed by atoms with Crippen LogP contribution in [0.2, 0.25) is 0 Å². The SMILES string of the molecule is CCCCCCN(c1cc2nc(C(=O)C3(C)CCOCC3)[nH]c2cc1C)C(C)CC. The van der Waals surface area contributed by atoms with Gasteiger partial charge in [-0.05, 0) is 57.2 Å². The average Bonchev–Trinajstić information content (AvgIpc) is 3.15. The minimum Gasteiger partial charge on any atom is -0.381 e. The number of hydrogen-bond acceptors (Lipinski definition) is 4. The van der Waals surface area contributed by atoms with Crippen LogP contribution >= 0.6 is 0 Å². The van der Waals surface area contributed by atoms with Crippen LogP contribution in [0.25, 0.3) is 11.0 Å². The molecular formula is C25H39N3O2. The van der Waals surface area contributed by atoms with Gasteiger partial charge < -0.3 is 14.6 Å². The number of carbonyl (C=O) groups is 1. The summed E-state index contributed by atoms with van der Waals surface area (Å²) in [5, 5.41) is 0. The molecule has 1 atom stereocenters. The third-order valence-corrected chi connectivity index (χ3v) is 6.84. The molecule has 1 saturated heterocycles. The summed E-state index contributed by atoms with van der Waals surface area (Å²) in [4.78, 5) is 23.8. The number of aromatic amines is 1. The van der Waals surface area contributed by atoms with E-state index in [1.54, 1.807) is 0 Å². The van der Waals surface area contributed by atoms with Crippen LogP contribution in [0.3, 0.4) is 0 Å². The van der Waals surface area contributed by atoms with Gasteiger partial charge in [0.2, 0.25) is 5.78 Å². The van der Waals surface area contributed by atoms with Gasteiger partial charge in [0, 0.05) is 36.9 Å². The largest absolute Gasteiger partial charge is 0.381 e. The van der Waals surface area contributed by atoms with Crippen molar-refractivity contribution >= 4 is 22.5 Å². The van der Waals surface area contributed by atoms with Gasteiger partial charge in [-0.1, -0.05) is 40.0 Å². The minimum atomic E-state index is -0.383. The fourth-order valence-corrected chi connectivity index (χ4v) is 4.41. The fourth-order valence-electron chi connectivity index (χ4n) is 4.41. The zero-order chi connectivity index (χ0) is 21.7. The van der Waals surface area contributed by atoms with E-state index < -0.39 is 0 Å². The molecule has 3 rings (SSSR count). The molecule has 0 amide bonds. The molecule has 1 aromatic heterocycles. The lowest BCUT2D eigenvalue weighted by Gasteiger charge is -2.32. The molecular weight excluding hydrogens is 374 g/mol.